The molecule has 1 unspecified atom stereocenters. The topological polar surface area (TPSA) is 35.5 Å². The first kappa shape index (κ1) is 14.5. The van der Waals surface area contributed by atoms with Crippen LogP contribution in [0.1, 0.15) is 18.5 Å². The average molecular weight is 291 g/mol. The maximum atomic E-state index is 9.86. The van der Waals surface area contributed by atoms with Crippen LogP contribution in [0, 0.1) is 0 Å². The minimum absolute atomic E-state index is 0.00234. The molecule has 20 heavy (non-hydrogen) atoms. The van der Waals surface area contributed by atoms with Crippen molar-refractivity contribution in [1.29, 1.82) is 0 Å². The monoisotopic (exact) mass is 290 g/mol. The summed E-state index contributed by atoms with van der Waals surface area (Å²) in [7, 11) is 3.91. The van der Waals surface area contributed by atoms with E-state index >= 15 is 0 Å². The van der Waals surface area contributed by atoms with Gasteiger partial charge in [-0.3, -0.25) is 0 Å². The van der Waals surface area contributed by atoms with E-state index in [1.807, 2.05) is 62.3 Å². The molecule has 4 heteroatoms. The summed E-state index contributed by atoms with van der Waals surface area (Å²) in [5, 5.41) is 13.9. The first-order valence-electron chi connectivity index (χ1n) is 6.50. The lowest BCUT2D eigenvalue weighted by molar-refractivity contribution is 0.465. The average Bonchev–Trinajstić information content (AvgIpc) is 2.38. The van der Waals surface area contributed by atoms with E-state index in [0.717, 1.165) is 16.9 Å². The van der Waals surface area contributed by atoms with Gasteiger partial charge >= 0.3 is 0 Å². The zero-order valence-electron chi connectivity index (χ0n) is 11.9. The Morgan fingerprint density at radius 2 is 1.85 bits per heavy atom. The van der Waals surface area contributed by atoms with Gasteiger partial charge in [-0.25, -0.2) is 0 Å². The molecule has 106 valence electrons. The number of rotatable bonds is 4. The summed E-state index contributed by atoms with van der Waals surface area (Å²) < 4.78 is 0. The van der Waals surface area contributed by atoms with E-state index in [-0.39, 0.29) is 6.04 Å². The minimum Gasteiger partial charge on any atom is -0.508 e. The molecule has 0 aliphatic heterocycles. The smallest absolute Gasteiger partial charge is 0.120 e. The lowest BCUT2D eigenvalue weighted by Gasteiger charge is -2.19. The van der Waals surface area contributed by atoms with Crippen molar-refractivity contribution < 1.29 is 5.11 Å². The number of phenols is 1. The third kappa shape index (κ3) is 3.17. The number of benzene rings is 2. The van der Waals surface area contributed by atoms with Crippen LogP contribution in [-0.2, 0) is 0 Å². The second-order valence-electron chi connectivity index (χ2n) is 4.99. The zero-order valence-corrected chi connectivity index (χ0v) is 12.6. The third-order valence-electron chi connectivity index (χ3n) is 3.22. The molecule has 0 aliphatic rings. The minimum atomic E-state index is -0.00234. The fourth-order valence-corrected chi connectivity index (χ4v) is 2.49. The van der Waals surface area contributed by atoms with Gasteiger partial charge in [0.25, 0.3) is 0 Å². The van der Waals surface area contributed by atoms with Crippen LogP contribution in [-0.4, -0.2) is 19.2 Å². The fourth-order valence-electron chi connectivity index (χ4n) is 2.14. The van der Waals surface area contributed by atoms with Crippen molar-refractivity contribution >= 4 is 23.0 Å². The largest absolute Gasteiger partial charge is 0.508 e. The molecule has 0 bridgehead atoms. The summed E-state index contributed by atoms with van der Waals surface area (Å²) in [5.41, 5.74) is 2.77. The molecular weight excluding hydrogens is 272 g/mol. The molecular formula is C16H19ClN2O. The zero-order chi connectivity index (χ0) is 14.7. The highest BCUT2D eigenvalue weighted by atomic mass is 35.5. The van der Waals surface area contributed by atoms with Crippen molar-refractivity contribution in [2.45, 2.75) is 13.0 Å². The molecule has 3 nitrogen and oxygen atoms in total. The number of aromatic hydroxyl groups is 1. The lowest BCUT2D eigenvalue weighted by atomic mass is 10.1. The standard InChI is InChI=1S/C16H19ClN2O/c1-11(13-6-4-5-7-16(13)20)18-12-8-9-15(19(2)3)14(17)10-12/h4-11,18,20H,1-3H3. The predicted octanol–water partition coefficient (Wildman–Crippen LogP) is 4.28. The number of hydrogen-bond donors (Lipinski definition) is 2. The third-order valence-corrected chi connectivity index (χ3v) is 3.52. The maximum Gasteiger partial charge on any atom is 0.120 e. The van der Waals surface area contributed by atoms with Crippen molar-refractivity contribution in [2.75, 3.05) is 24.3 Å². The van der Waals surface area contributed by atoms with Crippen molar-refractivity contribution in [3.05, 3.63) is 53.1 Å². The molecule has 2 N–H and O–H groups in total. The van der Waals surface area contributed by atoms with Gasteiger partial charge in [0.15, 0.2) is 0 Å². The van der Waals surface area contributed by atoms with Crippen molar-refractivity contribution in [3.8, 4) is 5.75 Å². The van der Waals surface area contributed by atoms with E-state index in [0.29, 0.717) is 10.8 Å². The van der Waals surface area contributed by atoms with Gasteiger partial charge in [-0.15, -0.1) is 0 Å². The molecule has 0 fully saturated rings. The Balaban J connectivity index is 2.18. The number of nitrogens with zero attached hydrogens (tertiary/aromatic N) is 1. The second kappa shape index (κ2) is 6.06. The number of hydrogen-bond acceptors (Lipinski definition) is 3. The van der Waals surface area contributed by atoms with Crippen molar-refractivity contribution in [2.24, 2.45) is 0 Å². The molecule has 0 spiro atoms. The highest BCUT2D eigenvalue weighted by molar-refractivity contribution is 6.33. The highest BCUT2D eigenvalue weighted by Gasteiger charge is 2.10. The highest BCUT2D eigenvalue weighted by Crippen LogP contribution is 2.31. The van der Waals surface area contributed by atoms with Crippen LogP contribution in [0.3, 0.4) is 0 Å². The molecule has 0 radical (unpaired) electrons. The van der Waals surface area contributed by atoms with Crippen LogP contribution in [0.5, 0.6) is 5.75 Å². The van der Waals surface area contributed by atoms with E-state index in [1.165, 1.54) is 0 Å². The molecule has 1 atom stereocenters. The molecule has 2 rings (SSSR count). The molecule has 0 amide bonds. The maximum absolute atomic E-state index is 9.86. The molecule has 2 aromatic carbocycles. The summed E-state index contributed by atoms with van der Waals surface area (Å²) in [6, 6.07) is 13.2. The van der Waals surface area contributed by atoms with E-state index in [9.17, 15) is 5.11 Å². The summed E-state index contributed by atoms with van der Waals surface area (Å²) in [4.78, 5) is 1.97. The normalized spacial score (nSPS) is 12.0. The summed E-state index contributed by atoms with van der Waals surface area (Å²) in [5.74, 6) is 0.295. The van der Waals surface area contributed by atoms with Gasteiger partial charge in [-0.2, -0.15) is 0 Å². The Kier molecular flexibility index (Phi) is 4.40. The Hall–Kier alpha value is -1.87. The Labute approximate surface area is 124 Å². The molecule has 0 heterocycles. The number of phenolic OH excluding ortho intramolecular Hbond substituents is 1. The van der Waals surface area contributed by atoms with Crippen LogP contribution in [0.2, 0.25) is 5.02 Å². The summed E-state index contributed by atoms with van der Waals surface area (Å²) >= 11 is 6.25. The van der Waals surface area contributed by atoms with Crippen LogP contribution in [0.4, 0.5) is 11.4 Å². The predicted molar refractivity (Wildman–Crippen MR) is 85.9 cm³/mol. The summed E-state index contributed by atoms with van der Waals surface area (Å²) in [6.07, 6.45) is 0. The van der Waals surface area contributed by atoms with Gasteiger partial charge in [0, 0.05) is 25.3 Å². The van der Waals surface area contributed by atoms with E-state index in [1.54, 1.807) is 6.07 Å². The van der Waals surface area contributed by atoms with Crippen LogP contribution in [0.25, 0.3) is 0 Å². The van der Waals surface area contributed by atoms with Crippen LogP contribution < -0.4 is 10.2 Å². The first-order chi connectivity index (χ1) is 9.49. The molecule has 2 aromatic rings. The number of halogens is 1. The van der Waals surface area contributed by atoms with Crippen molar-refractivity contribution in [1.82, 2.24) is 0 Å². The molecule has 0 saturated carbocycles. The van der Waals surface area contributed by atoms with Gasteiger partial charge in [0.1, 0.15) is 5.75 Å². The van der Waals surface area contributed by atoms with E-state index in [2.05, 4.69) is 5.32 Å². The molecule has 0 aromatic heterocycles. The molecule has 0 saturated heterocycles. The van der Waals surface area contributed by atoms with E-state index in [4.69, 9.17) is 11.6 Å². The van der Waals surface area contributed by atoms with Gasteiger partial charge in [0.05, 0.1) is 16.8 Å². The van der Waals surface area contributed by atoms with E-state index < -0.39 is 0 Å². The fraction of sp³-hybridized carbons (Fsp3) is 0.250. The van der Waals surface area contributed by atoms with Crippen molar-refractivity contribution in [3.63, 3.8) is 0 Å². The summed E-state index contributed by atoms with van der Waals surface area (Å²) in [6.45, 7) is 2.00. The Morgan fingerprint density at radius 3 is 2.45 bits per heavy atom. The number of nitrogens with one attached hydrogen (secondary N) is 1. The van der Waals surface area contributed by atoms with Gasteiger partial charge in [0.2, 0.25) is 0 Å². The first-order valence-corrected chi connectivity index (χ1v) is 6.88. The van der Waals surface area contributed by atoms with Gasteiger partial charge < -0.3 is 15.3 Å². The van der Waals surface area contributed by atoms with Crippen LogP contribution >= 0.6 is 11.6 Å². The molecule has 0 aliphatic carbocycles. The number of para-hydroxylation sites is 1. The van der Waals surface area contributed by atoms with Crippen LogP contribution in [0.15, 0.2) is 42.5 Å². The Morgan fingerprint density at radius 1 is 1.15 bits per heavy atom. The Bertz CT molecular complexity index is 599. The van der Waals surface area contributed by atoms with Gasteiger partial charge in [-0.05, 0) is 31.2 Å². The lowest BCUT2D eigenvalue weighted by Crippen LogP contribution is -2.10. The quantitative estimate of drug-likeness (QED) is 0.882. The SMILES string of the molecule is CC(Nc1ccc(N(C)C)c(Cl)c1)c1ccccc1O. The second-order valence-corrected chi connectivity index (χ2v) is 5.39. The van der Waals surface area contributed by atoms with Gasteiger partial charge in [-0.1, -0.05) is 29.8 Å². The number of anilines is 2.